The average molecular weight is 394 g/mol. The minimum atomic E-state index is -3.84. The summed E-state index contributed by atoms with van der Waals surface area (Å²) in [5.74, 6) is 1.02. The van der Waals surface area contributed by atoms with Crippen LogP contribution >= 0.6 is 0 Å². The highest BCUT2D eigenvalue weighted by molar-refractivity contribution is 7.89. The minimum Gasteiger partial charge on any atom is -0.497 e. The zero-order valence-corrected chi connectivity index (χ0v) is 16.3. The van der Waals surface area contributed by atoms with E-state index < -0.39 is 22.5 Å². The number of carbonyl (C=O) groups excluding carboxylic acids is 1. The van der Waals surface area contributed by atoms with Crippen LogP contribution < -0.4 is 24.2 Å². The Morgan fingerprint density at radius 2 is 1.67 bits per heavy atom. The fraction of sp³-hybridized carbons (Fsp3) is 0.278. The van der Waals surface area contributed by atoms with Crippen molar-refractivity contribution < 1.29 is 27.4 Å². The van der Waals surface area contributed by atoms with E-state index >= 15 is 0 Å². The number of ether oxygens (including phenoxy) is 3. The van der Waals surface area contributed by atoms with Crippen molar-refractivity contribution in [3.05, 3.63) is 42.0 Å². The number of anilines is 1. The van der Waals surface area contributed by atoms with Crippen LogP contribution in [0.15, 0.2) is 41.3 Å². The predicted molar refractivity (Wildman–Crippen MR) is 101 cm³/mol. The van der Waals surface area contributed by atoms with Gasteiger partial charge in [0.25, 0.3) is 0 Å². The maximum absolute atomic E-state index is 12.4. The van der Waals surface area contributed by atoms with E-state index in [2.05, 4.69) is 10.0 Å². The molecule has 0 heterocycles. The Balaban J connectivity index is 2.05. The van der Waals surface area contributed by atoms with Crippen LogP contribution in [0, 0.1) is 6.92 Å². The maximum Gasteiger partial charge on any atom is 0.241 e. The fourth-order valence-electron chi connectivity index (χ4n) is 2.36. The van der Waals surface area contributed by atoms with E-state index in [4.69, 9.17) is 14.2 Å². The molecule has 27 heavy (non-hydrogen) atoms. The second-order valence-electron chi connectivity index (χ2n) is 5.57. The highest BCUT2D eigenvalue weighted by Gasteiger charge is 2.17. The van der Waals surface area contributed by atoms with Crippen LogP contribution in [-0.4, -0.2) is 42.2 Å². The van der Waals surface area contributed by atoms with Gasteiger partial charge in [0.2, 0.25) is 15.9 Å². The molecule has 0 bridgehead atoms. The third-order valence-corrected chi connectivity index (χ3v) is 5.18. The highest BCUT2D eigenvalue weighted by atomic mass is 32.2. The van der Waals surface area contributed by atoms with Crippen LogP contribution in [0.3, 0.4) is 0 Å². The van der Waals surface area contributed by atoms with Gasteiger partial charge in [0.1, 0.15) is 17.2 Å². The summed E-state index contributed by atoms with van der Waals surface area (Å²) in [5, 5.41) is 2.60. The molecule has 146 valence electrons. The summed E-state index contributed by atoms with van der Waals surface area (Å²) < 4.78 is 42.4. The first-order chi connectivity index (χ1) is 12.8. The fourth-order valence-corrected chi connectivity index (χ4v) is 3.43. The van der Waals surface area contributed by atoms with E-state index in [1.54, 1.807) is 31.2 Å². The van der Waals surface area contributed by atoms with Crippen molar-refractivity contribution in [1.82, 2.24) is 4.72 Å². The van der Waals surface area contributed by atoms with Crippen molar-refractivity contribution in [3.63, 3.8) is 0 Å². The molecule has 0 atom stereocenters. The van der Waals surface area contributed by atoms with Crippen molar-refractivity contribution in [2.45, 2.75) is 11.8 Å². The largest absolute Gasteiger partial charge is 0.497 e. The van der Waals surface area contributed by atoms with Crippen LogP contribution in [-0.2, 0) is 14.8 Å². The summed E-state index contributed by atoms with van der Waals surface area (Å²) in [4.78, 5) is 12.2. The second-order valence-corrected chi connectivity index (χ2v) is 7.34. The zero-order chi connectivity index (χ0) is 20.0. The van der Waals surface area contributed by atoms with E-state index in [9.17, 15) is 13.2 Å². The van der Waals surface area contributed by atoms with Crippen LogP contribution in [0.1, 0.15) is 5.56 Å². The molecule has 0 fully saturated rings. The summed E-state index contributed by atoms with van der Waals surface area (Å²) >= 11 is 0. The van der Waals surface area contributed by atoms with Gasteiger partial charge in [-0.25, -0.2) is 13.1 Å². The first-order valence-electron chi connectivity index (χ1n) is 7.97. The molecule has 0 spiro atoms. The molecule has 1 amide bonds. The number of benzene rings is 2. The minimum absolute atomic E-state index is 0.0515. The van der Waals surface area contributed by atoms with E-state index in [1.165, 1.54) is 33.5 Å². The third kappa shape index (κ3) is 5.11. The molecular weight excluding hydrogens is 372 g/mol. The van der Waals surface area contributed by atoms with E-state index in [0.717, 1.165) is 0 Å². The number of nitrogens with one attached hydrogen (secondary N) is 2. The Labute approximate surface area is 158 Å². The van der Waals surface area contributed by atoms with Gasteiger partial charge in [-0.2, -0.15) is 0 Å². The molecule has 0 aliphatic heterocycles. The lowest BCUT2D eigenvalue weighted by Gasteiger charge is -2.12. The lowest BCUT2D eigenvalue weighted by molar-refractivity contribution is -0.115. The van der Waals surface area contributed by atoms with Gasteiger partial charge in [0.05, 0.1) is 38.5 Å². The summed E-state index contributed by atoms with van der Waals surface area (Å²) in [7, 11) is 0.641. The van der Waals surface area contributed by atoms with Gasteiger partial charge in [0, 0.05) is 6.07 Å². The van der Waals surface area contributed by atoms with Crippen LogP contribution in [0.4, 0.5) is 5.69 Å². The standard InChI is InChI=1S/C18H22N2O6S/c1-12-9-14(6-8-16(12)25-3)27(22,23)19-11-18(21)20-15-7-5-13(24-2)10-17(15)26-4/h5-10,19H,11H2,1-4H3,(H,20,21). The number of rotatable bonds is 8. The molecule has 0 saturated heterocycles. The topological polar surface area (TPSA) is 103 Å². The molecule has 2 rings (SSSR count). The monoisotopic (exact) mass is 394 g/mol. The van der Waals surface area contributed by atoms with Crippen molar-refractivity contribution >= 4 is 21.6 Å². The lowest BCUT2D eigenvalue weighted by Crippen LogP contribution is -2.33. The van der Waals surface area contributed by atoms with E-state index in [0.29, 0.717) is 28.5 Å². The Hall–Kier alpha value is -2.78. The highest BCUT2D eigenvalue weighted by Crippen LogP contribution is 2.29. The van der Waals surface area contributed by atoms with Crippen LogP contribution in [0.5, 0.6) is 17.2 Å². The third-order valence-electron chi connectivity index (χ3n) is 3.78. The molecule has 0 aromatic heterocycles. The average Bonchev–Trinajstić information content (AvgIpc) is 2.66. The zero-order valence-electron chi connectivity index (χ0n) is 15.5. The maximum atomic E-state index is 12.4. The molecule has 2 aromatic carbocycles. The molecule has 0 radical (unpaired) electrons. The van der Waals surface area contributed by atoms with E-state index in [1.807, 2.05) is 0 Å². The molecule has 0 aliphatic rings. The number of hydrogen-bond donors (Lipinski definition) is 2. The van der Waals surface area contributed by atoms with Gasteiger partial charge in [-0.1, -0.05) is 0 Å². The quantitative estimate of drug-likeness (QED) is 0.709. The molecule has 9 heteroatoms. The molecule has 2 N–H and O–H groups in total. The Morgan fingerprint density at radius 1 is 0.963 bits per heavy atom. The Bertz CT molecular complexity index is 927. The Kier molecular flexibility index (Phi) is 6.65. The molecule has 2 aromatic rings. The smallest absolute Gasteiger partial charge is 0.241 e. The number of carbonyl (C=O) groups is 1. The number of hydrogen-bond acceptors (Lipinski definition) is 6. The van der Waals surface area contributed by atoms with Gasteiger partial charge in [0.15, 0.2) is 0 Å². The van der Waals surface area contributed by atoms with E-state index in [-0.39, 0.29) is 4.90 Å². The number of methoxy groups -OCH3 is 3. The van der Waals surface area contributed by atoms with Gasteiger partial charge in [-0.3, -0.25) is 4.79 Å². The van der Waals surface area contributed by atoms with Gasteiger partial charge in [-0.05, 0) is 42.8 Å². The summed E-state index contributed by atoms with van der Waals surface area (Å²) in [6.07, 6.45) is 0. The lowest BCUT2D eigenvalue weighted by atomic mass is 10.2. The first-order valence-corrected chi connectivity index (χ1v) is 9.45. The molecular formula is C18H22N2O6S. The Morgan fingerprint density at radius 3 is 2.26 bits per heavy atom. The van der Waals surface area contributed by atoms with Crippen molar-refractivity contribution in [2.24, 2.45) is 0 Å². The van der Waals surface area contributed by atoms with Crippen LogP contribution in [0.2, 0.25) is 0 Å². The SMILES string of the molecule is COc1ccc(NC(=O)CNS(=O)(=O)c2ccc(OC)c(C)c2)c(OC)c1. The normalized spacial score (nSPS) is 11.0. The van der Waals surface area contributed by atoms with Crippen molar-refractivity contribution in [3.8, 4) is 17.2 Å². The second kappa shape index (κ2) is 8.74. The summed E-state index contributed by atoms with van der Waals surface area (Å²) in [5.41, 5.74) is 1.08. The first kappa shape index (κ1) is 20.5. The number of aryl methyl sites for hydroxylation is 1. The number of amides is 1. The van der Waals surface area contributed by atoms with Gasteiger partial charge < -0.3 is 19.5 Å². The van der Waals surface area contributed by atoms with Crippen molar-refractivity contribution in [2.75, 3.05) is 33.2 Å². The molecule has 0 unspecified atom stereocenters. The van der Waals surface area contributed by atoms with Crippen molar-refractivity contribution in [1.29, 1.82) is 0 Å². The summed E-state index contributed by atoms with van der Waals surface area (Å²) in [6, 6.07) is 9.33. The molecule has 0 saturated carbocycles. The molecule has 8 nitrogen and oxygen atoms in total. The summed E-state index contributed by atoms with van der Waals surface area (Å²) in [6.45, 7) is 1.31. The van der Waals surface area contributed by atoms with Crippen LogP contribution in [0.25, 0.3) is 0 Å². The molecule has 0 aliphatic carbocycles. The van der Waals surface area contributed by atoms with Gasteiger partial charge in [-0.15, -0.1) is 0 Å². The van der Waals surface area contributed by atoms with Gasteiger partial charge >= 0.3 is 0 Å². The predicted octanol–water partition coefficient (Wildman–Crippen LogP) is 1.94. The number of sulfonamides is 1.